The normalized spacial score (nSPS) is 23.4. The summed E-state index contributed by atoms with van der Waals surface area (Å²) in [6, 6.07) is 0. The minimum absolute atomic E-state index is 0.0485. The number of aliphatic carboxylic acids is 1. The van der Waals surface area contributed by atoms with Crippen LogP contribution >= 0.6 is 0 Å². The van der Waals surface area contributed by atoms with E-state index in [9.17, 15) is 14.7 Å². The molecule has 0 aliphatic carbocycles. The van der Waals surface area contributed by atoms with E-state index in [4.69, 9.17) is 0 Å². The summed E-state index contributed by atoms with van der Waals surface area (Å²) in [6.45, 7) is 11.3. The summed E-state index contributed by atoms with van der Waals surface area (Å²) in [5.41, 5.74) is -0.506. The van der Waals surface area contributed by atoms with Crippen molar-refractivity contribution in [1.29, 1.82) is 0 Å². The van der Waals surface area contributed by atoms with Crippen LogP contribution in [-0.2, 0) is 9.59 Å². The lowest BCUT2D eigenvalue weighted by molar-refractivity contribution is -0.151. The number of rotatable bonds is 5. The Balaban J connectivity index is 2.55. The predicted octanol–water partition coefficient (Wildman–Crippen LogP) is 3.16. The van der Waals surface area contributed by atoms with Crippen molar-refractivity contribution in [3.05, 3.63) is 0 Å². The van der Waals surface area contributed by atoms with Gasteiger partial charge in [-0.2, -0.15) is 0 Å². The second kappa shape index (κ2) is 6.15. The summed E-state index contributed by atoms with van der Waals surface area (Å²) in [6.07, 6.45) is 3.00. The molecule has 1 amide bonds. The van der Waals surface area contributed by atoms with Gasteiger partial charge in [0.25, 0.3) is 0 Å². The first-order chi connectivity index (χ1) is 9.08. The Kier molecular flexibility index (Phi) is 5.22. The fourth-order valence-corrected chi connectivity index (χ4v) is 2.87. The maximum absolute atomic E-state index is 12.2. The Morgan fingerprint density at radius 3 is 2.30 bits per heavy atom. The molecular formula is C16H29NO3. The number of carbonyl (C=O) groups is 2. The molecule has 0 radical (unpaired) electrons. The van der Waals surface area contributed by atoms with Crippen LogP contribution in [0.3, 0.4) is 0 Å². The minimum atomic E-state index is -0.766. The molecule has 0 aromatic heterocycles. The monoisotopic (exact) mass is 283 g/mol. The van der Waals surface area contributed by atoms with Crippen molar-refractivity contribution in [2.75, 3.05) is 13.1 Å². The number of amides is 1. The zero-order valence-corrected chi connectivity index (χ0v) is 13.5. The molecule has 0 aromatic rings. The van der Waals surface area contributed by atoms with Crippen molar-refractivity contribution in [2.45, 2.75) is 60.3 Å². The third-order valence-electron chi connectivity index (χ3n) is 4.50. The smallest absolute Gasteiger partial charge is 0.311 e. The molecule has 1 heterocycles. The summed E-state index contributed by atoms with van der Waals surface area (Å²) < 4.78 is 0. The molecule has 0 aromatic carbocycles. The third-order valence-corrected chi connectivity index (χ3v) is 4.50. The van der Waals surface area contributed by atoms with Crippen molar-refractivity contribution < 1.29 is 14.7 Å². The summed E-state index contributed by atoms with van der Waals surface area (Å²) in [4.78, 5) is 25.5. The molecule has 1 saturated heterocycles. The topological polar surface area (TPSA) is 57.6 Å². The highest BCUT2D eigenvalue weighted by molar-refractivity contribution is 5.80. The van der Waals surface area contributed by atoms with Gasteiger partial charge in [-0.05, 0) is 30.6 Å². The van der Waals surface area contributed by atoms with Gasteiger partial charge in [0.15, 0.2) is 0 Å². The summed E-state index contributed by atoms with van der Waals surface area (Å²) in [5.74, 6) is -0.608. The molecule has 116 valence electrons. The van der Waals surface area contributed by atoms with Crippen LogP contribution in [-0.4, -0.2) is 35.0 Å². The fraction of sp³-hybridized carbons (Fsp3) is 0.875. The van der Waals surface area contributed by atoms with Gasteiger partial charge in [0.05, 0.1) is 5.41 Å². The first kappa shape index (κ1) is 17.0. The van der Waals surface area contributed by atoms with Crippen molar-refractivity contribution in [2.24, 2.45) is 16.7 Å². The van der Waals surface area contributed by atoms with E-state index in [-0.39, 0.29) is 17.2 Å². The average molecular weight is 283 g/mol. The Morgan fingerprint density at radius 1 is 1.30 bits per heavy atom. The summed E-state index contributed by atoms with van der Waals surface area (Å²) in [5, 5.41) is 9.48. The molecule has 4 nitrogen and oxygen atoms in total. The lowest BCUT2D eigenvalue weighted by Crippen LogP contribution is -2.40. The SMILES string of the molecule is CC(C)C1(C(=O)O)CCN(C(=O)CCCC(C)(C)C)C1. The van der Waals surface area contributed by atoms with Crippen LogP contribution < -0.4 is 0 Å². The van der Waals surface area contributed by atoms with Gasteiger partial charge in [-0.25, -0.2) is 0 Å². The standard InChI is InChI=1S/C16H29NO3/c1-12(2)16(14(19)20)9-10-17(11-16)13(18)7-6-8-15(3,4)5/h12H,6-11H2,1-5H3,(H,19,20). The van der Waals surface area contributed by atoms with Gasteiger partial charge in [-0.3, -0.25) is 9.59 Å². The Bertz CT molecular complexity index is 370. The van der Waals surface area contributed by atoms with Crippen molar-refractivity contribution in [3.63, 3.8) is 0 Å². The first-order valence-electron chi connectivity index (χ1n) is 7.60. The van der Waals surface area contributed by atoms with Gasteiger partial charge in [-0.15, -0.1) is 0 Å². The second-order valence-electron chi connectivity index (χ2n) is 7.60. The molecule has 20 heavy (non-hydrogen) atoms. The van der Waals surface area contributed by atoms with Gasteiger partial charge in [0, 0.05) is 19.5 Å². The quantitative estimate of drug-likeness (QED) is 0.843. The lowest BCUT2D eigenvalue weighted by atomic mass is 9.76. The highest BCUT2D eigenvalue weighted by atomic mass is 16.4. The van der Waals surface area contributed by atoms with Gasteiger partial charge in [0.1, 0.15) is 0 Å². The Hall–Kier alpha value is -1.06. The maximum atomic E-state index is 12.2. The van der Waals surface area contributed by atoms with Gasteiger partial charge >= 0.3 is 5.97 Å². The number of likely N-dealkylation sites (tertiary alicyclic amines) is 1. The van der Waals surface area contributed by atoms with Crippen LogP contribution in [0.15, 0.2) is 0 Å². The number of hydrogen-bond acceptors (Lipinski definition) is 2. The van der Waals surface area contributed by atoms with E-state index in [0.717, 1.165) is 12.8 Å². The molecule has 4 heteroatoms. The van der Waals surface area contributed by atoms with E-state index in [0.29, 0.717) is 25.9 Å². The predicted molar refractivity (Wildman–Crippen MR) is 79.4 cm³/mol. The zero-order chi connectivity index (χ0) is 15.6. The first-order valence-corrected chi connectivity index (χ1v) is 7.60. The molecule has 1 aliphatic rings. The number of nitrogens with zero attached hydrogens (tertiary/aromatic N) is 1. The minimum Gasteiger partial charge on any atom is -0.481 e. The molecule has 1 rings (SSSR count). The highest BCUT2D eigenvalue weighted by Gasteiger charge is 2.48. The van der Waals surface area contributed by atoms with Gasteiger partial charge < -0.3 is 10.0 Å². The molecule has 1 unspecified atom stereocenters. The van der Waals surface area contributed by atoms with E-state index in [1.165, 1.54) is 0 Å². The maximum Gasteiger partial charge on any atom is 0.311 e. The molecular weight excluding hydrogens is 254 g/mol. The largest absolute Gasteiger partial charge is 0.481 e. The van der Waals surface area contributed by atoms with Crippen LogP contribution in [0, 0.1) is 16.7 Å². The zero-order valence-electron chi connectivity index (χ0n) is 13.5. The second-order valence-corrected chi connectivity index (χ2v) is 7.60. The van der Waals surface area contributed by atoms with E-state index in [2.05, 4.69) is 20.8 Å². The molecule has 1 N–H and O–H groups in total. The van der Waals surface area contributed by atoms with Crippen LogP contribution in [0.1, 0.15) is 60.3 Å². The summed E-state index contributed by atoms with van der Waals surface area (Å²) >= 11 is 0. The van der Waals surface area contributed by atoms with Crippen molar-refractivity contribution >= 4 is 11.9 Å². The summed E-state index contributed by atoms with van der Waals surface area (Å²) in [7, 11) is 0. The average Bonchev–Trinajstić information content (AvgIpc) is 2.73. The van der Waals surface area contributed by atoms with Gasteiger partial charge in [0.2, 0.25) is 5.91 Å². The van der Waals surface area contributed by atoms with Gasteiger partial charge in [-0.1, -0.05) is 34.6 Å². The third kappa shape index (κ3) is 3.97. The van der Waals surface area contributed by atoms with Crippen LogP contribution in [0.25, 0.3) is 0 Å². The molecule has 1 atom stereocenters. The Labute approximate surface area is 122 Å². The van der Waals surface area contributed by atoms with E-state index in [1.807, 2.05) is 13.8 Å². The lowest BCUT2D eigenvalue weighted by Gasteiger charge is -2.28. The number of carbonyl (C=O) groups excluding carboxylic acids is 1. The highest BCUT2D eigenvalue weighted by Crippen LogP contribution is 2.38. The van der Waals surface area contributed by atoms with Crippen LogP contribution in [0.4, 0.5) is 0 Å². The number of carboxylic acid groups (broad SMARTS) is 1. The Morgan fingerprint density at radius 2 is 1.90 bits per heavy atom. The molecule has 0 saturated carbocycles. The molecule has 1 fully saturated rings. The van der Waals surface area contributed by atoms with Crippen LogP contribution in [0.2, 0.25) is 0 Å². The van der Waals surface area contributed by atoms with E-state index in [1.54, 1.807) is 4.90 Å². The van der Waals surface area contributed by atoms with Crippen molar-refractivity contribution in [3.8, 4) is 0 Å². The fourth-order valence-electron chi connectivity index (χ4n) is 2.87. The van der Waals surface area contributed by atoms with E-state index < -0.39 is 11.4 Å². The number of carboxylic acids is 1. The van der Waals surface area contributed by atoms with Crippen LogP contribution in [0.5, 0.6) is 0 Å². The molecule has 0 spiro atoms. The molecule has 1 aliphatic heterocycles. The van der Waals surface area contributed by atoms with Crippen molar-refractivity contribution in [1.82, 2.24) is 4.90 Å². The number of hydrogen-bond donors (Lipinski definition) is 1. The molecule has 0 bridgehead atoms. The van der Waals surface area contributed by atoms with E-state index >= 15 is 0 Å².